The molecule has 2 aromatic rings. The van der Waals surface area contributed by atoms with Crippen molar-refractivity contribution >= 4 is 27.3 Å². The number of sulfonamides is 1. The smallest absolute Gasteiger partial charge is 0.243 e. The van der Waals surface area contributed by atoms with Crippen molar-refractivity contribution in [2.75, 3.05) is 36.4 Å². The molecule has 2 aliphatic rings. The Morgan fingerprint density at radius 1 is 1.07 bits per heavy atom. The highest BCUT2D eigenvalue weighted by Crippen LogP contribution is 2.31. The lowest BCUT2D eigenvalue weighted by molar-refractivity contribution is -0.120. The lowest BCUT2D eigenvalue weighted by Gasteiger charge is -2.30. The second kappa shape index (κ2) is 8.40. The summed E-state index contributed by atoms with van der Waals surface area (Å²) in [6.45, 7) is 6.78. The Kier molecular flexibility index (Phi) is 5.84. The highest BCUT2D eigenvalue weighted by Gasteiger charge is 2.32. The zero-order valence-electron chi connectivity index (χ0n) is 17.6. The fourth-order valence-electron chi connectivity index (χ4n) is 4.31. The van der Waals surface area contributed by atoms with Crippen LogP contribution in [0.15, 0.2) is 47.4 Å². The average molecular weight is 428 g/mol. The highest BCUT2D eigenvalue weighted by molar-refractivity contribution is 7.89. The maximum Gasteiger partial charge on any atom is 0.243 e. The Labute approximate surface area is 178 Å². The van der Waals surface area contributed by atoms with E-state index in [0.29, 0.717) is 30.8 Å². The second-order valence-corrected chi connectivity index (χ2v) is 10.1. The molecular weight excluding hydrogens is 398 g/mol. The topological polar surface area (TPSA) is 69.7 Å². The summed E-state index contributed by atoms with van der Waals surface area (Å²) in [5, 5.41) is 3.04. The van der Waals surface area contributed by atoms with Crippen LogP contribution in [-0.2, 0) is 21.2 Å². The van der Waals surface area contributed by atoms with E-state index >= 15 is 0 Å². The first-order valence-corrected chi connectivity index (χ1v) is 12.1. The summed E-state index contributed by atoms with van der Waals surface area (Å²) < 4.78 is 27.2. The fraction of sp³-hybridized carbons (Fsp3) is 0.435. The number of likely N-dealkylation sites (N-methyl/N-ethyl adjacent to an activating group) is 1. The van der Waals surface area contributed by atoms with Crippen LogP contribution in [0.4, 0.5) is 11.4 Å². The molecule has 0 bridgehead atoms. The van der Waals surface area contributed by atoms with Crippen LogP contribution in [0.5, 0.6) is 0 Å². The average Bonchev–Trinajstić information content (AvgIpc) is 3.16. The van der Waals surface area contributed by atoms with Gasteiger partial charge in [0, 0.05) is 43.5 Å². The molecule has 30 heavy (non-hydrogen) atoms. The third-order valence-corrected chi connectivity index (χ3v) is 8.12. The second-order valence-electron chi connectivity index (χ2n) is 8.15. The largest absolute Gasteiger partial charge is 0.371 e. The maximum atomic E-state index is 12.9. The van der Waals surface area contributed by atoms with Crippen LogP contribution in [0.2, 0.25) is 0 Å². The van der Waals surface area contributed by atoms with Crippen molar-refractivity contribution in [2.24, 2.45) is 5.92 Å². The van der Waals surface area contributed by atoms with Crippen molar-refractivity contribution in [3.05, 3.63) is 53.6 Å². The predicted molar refractivity (Wildman–Crippen MR) is 119 cm³/mol. The van der Waals surface area contributed by atoms with E-state index in [9.17, 15) is 13.2 Å². The minimum absolute atomic E-state index is 0.0246. The number of benzene rings is 2. The van der Waals surface area contributed by atoms with Gasteiger partial charge in [0.1, 0.15) is 0 Å². The molecule has 6 nitrogen and oxygen atoms in total. The van der Waals surface area contributed by atoms with Gasteiger partial charge in [-0.25, -0.2) is 8.42 Å². The Balaban J connectivity index is 1.37. The summed E-state index contributed by atoms with van der Waals surface area (Å²) in [7, 11) is -3.51. The lowest BCUT2D eigenvalue weighted by Crippen LogP contribution is -2.41. The first kappa shape index (κ1) is 20.9. The van der Waals surface area contributed by atoms with Crippen molar-refractivity contribution in [1.29, 1.82) is 0 Å². The molecule has 1 fully saturated rings. The van der Waals surface area contributed by atoms with E-state index in [4.69, 9.17) is 0 Å². The van der Waals surface area contributed by atoms with Gasteiger partial charge in [-0.2, -0.15) is 4.31 Å². The molecule has 0 radical (unpaired) electrons. The number of nitrogens with one attached hydrogen (secondary N) is 1. The molecule has 0 aliphatic carbocycles. The van der Waals surface area contributed by atoms with Gasteiger partial charge in [-0.15, -0.1) is 0 Å². The van der Waals surface area contributed by atoms with E-state index in [2.05, 4.69) is 29.3 Å². The summed E-state index contributed by atoms with van der Waals surface area (Å²) in [5.74, 6) is -0.201. The van der Waals surface area contributed by atoms with Gasteiger partial charge in [0.25, 0.3) is 0 Å². The van der Waals surface area contributed by atoms with E-state index in [1.165, 1.54) is 15.6 Å². The zero-order chi connectivity index (χ0) is 21.3. The quantitative estimate of drug-likeness (QED) is 0.794. The van der Waals surface area contributed by atoms with Crippen LogP contribution in [0.3, 0.4) is 0 Å². The predicted octanol–water partition coefficient (Wildman–Crippen LogP) is 3.42. The number of carbonyl (C=O) groups excluding carboxylic acids is 1. The number of nitrogens with zero attached hydrogens (tertiary/aromatic N) is 2. The van der Waals surface area contributed by atoms with Gasteiger partial charge < -0.3 is 10.2 Å². The van der Waals surface area contributed by atoms with E-state index in [-0.39, 0.29) is 11.8 Å². The SMILES string of the molecule is CCN1CCc2ccc(NC(=O)C3CCN(S(=O)(=O)c4ccc(C)cc4)CC3)cc21. The normalized spacial score (nSPS) is 17.7. The number of fused-ring (bicyclic) bond motifs is 1. The third kappa shape index (κ3) is 4.09. The van der Waals surface area contributed by atoms with Crippen molar-refractivity contribution in [3.63, 3.8) is 0 Å². The molecule has 160 valence electrons. The van der Waals surface area contributed by atoms with Crippen molar-refractivity contribution in [1.82, 2.24) is 4.31 Å². The fourth-order valence-corrected chi connectivity index (χ4v) is 5.78. The number of hydrogen-bond acceptors (Lipinski definition) is 4. The summed E-state index contributed by atoms with van der Waals surface area (Å²) in [6.07, 6.45) is 2.11. The number of piperidine rings is 1. The number of anilines is 2. The van der Waals surface area contributed by atoms with E-state index in [1.54, 1.807) is 12.1 Å². The molecule has 2 heterocycles. The van der Waals surface area contributed by atoms with Crippen LogP contribution in [0, 0.1) is 12.8 Å². The number of carbonyl (C=O) groups is 1. The number of hydrogen-bond donors (Lipinski definition) is 1. The molecule has 7 heteroatoms. The van der Waals surface area contributed by atoms with E-state index < -0.39 is 10.0 Å². The molecule has 1 amide bonds. The van der Waals surface area contributed by atoms with Crippen LogP contribution in [0.1, 0.15) is 30.9 Å². The van der Waals surface area contributed by atoms with Crippen molar-refractivity contribution < 1.29 is 13.2 Å². The Bertz CT molecular complexity index is 1030. The van der Waals surface area contributed by atoms with Gasteiger partial charge in [-0.1, -0.05) is 23.8 Å². The maximum absolute atomic E-state index is 12.9. The summed E-state index contributed by atoms with van der Waals surface area (Å²) in [5.41, 5.74) is 4.37. The summed E-state index contributed by atoms with van der Waals surface area (Å²) in [4.78, 5) is 15.4. The van der Waals surface area contributed by atoms with Crippen LogP contribution in [0.25, 0.3) is 0 Å². The summed E-state index contributed by atoms with van der Waals surface area (Å²) in [6, 6.07) is 13.0. The molecule has 4 rings (SSSR count). The van der Waals surface area contributed by atoms with E-state index in [0.717, 1.165) is 30.8 Å². The standard InChI is InChI=1S/C23H29N3O3S/c1-3-25-13-10-18-6-7-20(16-22(18)25)24-23(27)19-11-14-26(15-12-19)30(28,29)21-8-4-17(2)5-9-21/h4-9,16,19H,3,10-15H2,1-2H3,(H,24,27). The highest BCUT2D eigenvalue weighted by atomic mass is 32.2. The third-order valence-electron chi connectivity index (χ3n) is 6.21. The van der Waals surface area contributed by atoms with Crippen LogP contribution < -0.4 is 10.2 Å². The monoisotopic (exact) mass is 427 g/mol. The molecule has 2 aliphatic heterocycles. The lowest BCUT2D eigenvalue weighted by atomic mass is 9.97. The van der Waals surface area contributed by atoms with Gasteiger partial charge in [0.2, 0.25) is 15.9 Å². The minimum atomic E-state index is -3.51. The molecule has 0 aromatic heterocycles. The first-order valence-electron chi connectivity index (χ1n) is 10.6. The van der Waals surface area contributed by atoms with E-state index in [1.807, 2.05) is 25.1 Å². The summed E-state index contributed by atoms with van der Waals surface area (Å²) >= 11 is 0. The van der Waals surface area contributed by atoms with Crippen LogP contribution >= 0.6 is 0 Å². The van der Waals surface area contributed by atoms with Gasteiger partial charge in [-0.05, 0) is 62.9 Å². The van der Waals surface area contributed by atoms with Crippen molar-refractivity contribution in [2.45, 2.75) is 38.0 Å². The molecule has 2 aromatic carbocycles. The molecule has 0 unspecified atom stereocenters. The van der Waals surface area contributed by atoms with Crippen molar-refractivity contribution in [3.8, 4) is 0 Å². The van der Waals surface area contributed by atoms with Gasteiger partial charge in [0.15, 0.2) is 0 Å². The molecule has 0 atom stereocenters. The number of rotatable bonds is 5. The van der Waals surface area contributed by atoms with Gasteiger partial charge in [-0.3, -0.25) is 4.79 Å². The Hall–Kier alpha value is -2.38. The molecule has 1 N–H and O–H groups in total. The van der Waals surface area contributed by atoms with Gasteiger partial charge >= 0.3 is 0 Å². The number of aryl methyl sites for hydroxylation is 1. The molecule has 1 saturated heterocycles. The zero-order valence-corrected chi connectivity index (χ0v) is 18.4. The van der Waals surface area contributed by atoms with Crippen LogP contribution in [-0.4, -0.2) is 44.8 Å². The number of amides is 1. The minimum Gasteiger partial charge on any atom is -0.371 e. The Morgan fingerprint density at radius 3 is 2.43 bits per heavy atom. The molecule has 0 saturated carbocycles. The van der Waals surface area contributed by atoms with Gasteiger partial charge in [0.05, 0.1) is 4.90 Å². The first-order chi connectivity index (χ1) is 14.4. The molecule has 0 spiro atoms. The Morgan fingerprint density at radius 2 is 1.77 bits per heavy atom. The molecular formula is C23H29N3O3S.